The van der Waals surface area contributed by atoms with Gasteiger partial charge in [-0.3, -0.25) is 9.98 Å². The van der Waals surface area contributed by atoms with Crippen LogP contribution in [0.4, 0.5) is 0 Å². The maximum Gasteiger partial charge on any atom is 0.0451 e. The second kappa shape index (κ2) is 6.38. The Kier molecular flexibility index (Phi) is 4.76. The fraction of sp³-hybridized carbons (Fsp3) is 0.474. The second-order valence-electron chi connectivity index (χ2n) is 6.31. The molecular formula is C19H26N2. The molecule has 0 bridgehead atoms. The zero-order chi connectivity index (χ0) is 15.5. The van der Waals surface area contributed by atoms with Crippen molar-refractivity contribution >= 4 is 11.8 Å². The Bertz CT molecular complexity index is 590. The van der Waals surface area contributed by atoms with Crippen molar-refractivity contribution in [2.45, 2.75) is 47.0 Å². The van der Waals surface area contributed by atoms with Gasteiger partial charge in [0.05, 0.1) is 0 Å². The molecule has 1 aliphatic rings. The van der Waals surface area contributed by atoms with E-state index < -0.39 is 0 Å². The molecule has 0 aromatic carbocycles. The van der Waals surface area contributed by atoms with Crippen molar-refractivity contribution in [3.63, 3.8) is 0 Å². The first-order chi connectivity index (χ1) is 9.96. The standard InChI is InChI=1S/C19H26N2/c1-6-20-13-17(11-15(3)19(5)8-7-9-19)18-10-14(2)12-21-16(18)4/h10-13H,3,6-9H2,1-2,4-5H3/b17-11+,20-13?. The van der Waals surface area contributed by atoms with E-state index >= 15 is 0 Å². The molecule has 2 heteroatoms. The molecule has 2 nitrogen and oxygen atoms in total. The van der Waals surface area contributed by atoms with Crippen LogP contribution in [0.3, 0.4) is 0 Å². The van der Waals surface area contributed by atoms with Gasteiger partial charge < -0.3 is 0 Å². The van der Waals surface area contributed by atoms with E-state index in [4.69, 9.17) is 0 Å². The van der Waals surface area contributed by atoms with Gasteiger partial charge in [-0.25, -0.2) is 0 Å². The van der Waals surface area contributed by atoms with E-state index in [1.165, 1.54) is 30.4 Å². The molecule has 1 fully saturated rings. The summed E-state index contributed by atoms with van der Waals surface area (Å²) in [5.41, 5.74) is 6.00. The minimum atomic E-state index is 0.274. The summed E-state index contributed by atoms with van der Waals surface area (Å²) in [6, 6.07) is 2.19. The molecule has 0 radical (unpaired) electrons. The van der Waals surface area contributed by atoms with Crippen LogP contribution >= 0.6 is 0 Å². The predicted octanol–water partition coefficient (Wildman–Crippen LogP) is 4.92. The lowest BCUT2D eigenvalue weighted by Gasteiger charge is -2.39. The molecule has 1 aliphatic carbocycles. The molecule has 0 amide bonds. The van der Waals surface area contributed by atoms with Crippen molar-refractivity contribution in [3.05, 3.63) is 47.3 Å². The van der Waals surface area contributed by atoms with E-state index in [2.05, 4.69) is 56.4 Å². The molecule has 0 saturated heterocycles. The van der Waals surface area contributed by atoms with Crippen LogP contribution in [0.1, 0.15) is 49.9 Å². The topological polar surface area (TPSA) is 25.2 Å². The maximum atomic E-state index is 4.48. The van der Waals surface area contributed by atoms with Gasteiger partial charge in [0.2, 0.25) is 0 Å². The molecule has 0 atom stereocenters. The van der Waals surface area contributed by atoms with Crippen LogP contribution in [-0.2, 0) is 0 Å². The molecule has 0 unspecified atom stereocenters. The molecular weight excluding hydrogens is 256 g/mol. The SMILES string of the molecule is C=C(/C=C(\C=NCC)c1cc(C)cnc1C)C1(C)CCC1. The van der Waals surface area contributed by atoms with E-state index in [1.54, 1.807) is 0 Å². The van der Waals surface area contributed by atoms with Crippen molar-refractivity contribution in [2.75, 3.05) is 6.54 Å². The Labute approximate surface area is 128 Å². The summed E-state index contributed by atoms with van der Waals surface area (Å²) in [5.74, 6) is 0. The maximum absolute atomic E-state index is 4.48. The fourth-order valence-corrected chi connectivity index (χ4v) is 2.69. The van der Waals surface area contributed by atoms with Gasteiger partial charge in [0, 0.05) is 35.8 Å². The van der Waals surface area contributed by atoms with Crippen LogP contribution in [0.2, 0.25) is 0 Å². The molecule has 1 heterocycles. The average Bonchev–Trinajstić information content (AvgIpc) is 2.43. The van der Waals surface area contributed by atoms with Gasteiger partial charge >= 0.3 is 0 Å². The third-order valence-corrected chi connectivity index (χ3v) is 4.51. The minimum absolute atomic E-state index is 0.274. The molecule has 0 aliphatic heterocycles. The summed E-state index contributed by atoms with van der Waals surface area (Å²) in [6.07, 6.45) is 9.89. The summed E-state index contributed by atoms with van der Waals surface area (Å²) < 4.78 is 0. The van der Waals surface area contributed by atoms with E-state index in [1.807, 2.05) is 12.4 Å². The summed E-state index contributed by atoms with van der Waals surface area (Å²) in [6.45, 7) is 13.6. The molecule has 1 saturated carbocycles. The first-order valence-corrected chi connectivity index (χ1v) is 7.81. The van der Waals surface area contributed by atoms with Crippen molar-refractivity contribution in [2.24, 2.45) is 10.4 Å². The Morgan fingerprint density at radius 2 is 2.14 bits per heavy atom. The van der Waals surface area contributed by atoms with Gasteiger partial charge in [-0.2, -0.15) is 0 Å². The highest BCUT2D eigenvalue weighted by Crippen LogP contribution is 2.46. The van der Waals surface area contributed by atoms with Crippen LogP contribution in [0, 0.1) is 19.3 Å². The smallest absolute Gasteiger partial charge is 0.0451 e. The van der Waals surface area contributed by atoms with Gasteiger partial charge in [-0.15, -0.1) is 0 Å². The van der Waals surface area contributed by atoms with Gasteiger partial charge in [0.25, 0.3) is 0 Å². The normalized spacial score (nSPS) is 17.8. The highest BCUT2D eigenvalue weighted by atomic mass is 14.7. The van der Waals surface area contributed by atoms with Crippen molar-refractivity contribution in [1.82, 2.24) is 4.98 Å². The van der Waals surface area contributed by atoms with Crippen LogP contribution in [-0.4, -0.2) is 17.7 Å². The van der Waals surface area contributed by atoms with Crippen LogP contribution < -0.4 is 0 Å². The summed E-state index contributed by atoms with van der Waals surface area (Å²) in [5, 5.41) is 0. The zero-order valence-corrected chi connectivity index (χ0v) is 13.7. The monoisotopic (exact) mass is 282 g/mol. The number of aryl methyl sites for hydroxylation is 2. The van der Waals surface area contributed by atoms with Gasteiger partial charge in [0.1, 0.15) is 0 Å². The summed E-state index contributed by atoms with van der Waals surface area (Å²) in [4.78, 5) is 8.92. The fourth-order valence-electron chi connectivity index (χ4n) is 2.69. The first kappa shape index (κ1) is 15.7. The number of hydrogen-bond acceptors (Lipinski definition) is 2. The molecule has 1 aromatic heterocycles. The number of allylic oxidation sites excluding steroid dienone is 3. The lowest BCUT2D eigenvalue weighted by Crippen LogP contribution is -2.26. The molecule has 1 aromatic rings. The van der Waals surface area contributed by atoms with Crippen molar-refractivity contribution in [3.8, 4) is 0 Å². The van der Waals surface area contributed by atoms with Crippen LogP contribution in [0.5, 0.6) is 0 Å². The third-order valence-electron chi connectivity index (χ3n) is 4.51. The molecule has 21 heavy (non-hydrogen) atoms. The zero-order valence-electron chi connectivity index (χ0n) is 13.7. The van der Waals surface area contributed by atoms with Gasteiger partial charge in [-0.1, -0.05) is 19.9 Å². The van der Waals surface area contributed by atoms with E-state index in [0.29, 0.717) is 0 Å². The molecule has 0 N–H and O–H groups in total. The Hall–Kier alpha value is -1.70. The van der Waals surface area contributed by atoms with Crippen LogP contribution in [0.25, 0.3) is 5.57 Å². The number of hydrogen-bond donors (Lipinski definition) is 0. The average molecular weight is 282 g/mol. The number of nitrogens with zero attached hydrogens (tertiary/aromatic N) is 2. The van der Waals surface area contributed by atoms with E-state index in [9.17, 15) is 0 Å². The highest BCUT2D eigenvalue weighted by Gasteiger charge is 2.33. The van der Waals surface area contributed by atoms with Crippen LogP contribution in [0.15, 0.2) is 35.5 Å². The quantitative estimate of drug-likeness (QED) is 0.556. The summed E-state index contributed by atoms with van der Waals surface area (Å²) >= 11 is 0. The van der Waals surface area contributed by atoms with Crippen molar-refractivity contribution in [1.29, 1.82) is 0 Å². The molecule has 112 valence electrons. The largest absolute Gasteiger partial charge is 0.293 e. The highest BCUT2D eigenvalue weighted by molar-refractivity contribution is 6.11. The van der Waals surface area contributed by atoms with E-state index in [-0.39, 0.29) is 5.41 Å². The Balaban J connectivity index is 2.40. The number of aromatic nitrogens is 1. The number of rotatable bonds is 5. The predicted molar refractivity (Wildman–Crippen MR) is 91.8 cm³/mol. The van der Waals surface area contributed by atoms with Gasteiger partial charge in [-0.05, 0) is 62.3 Å². The Morgan fingerprint density at radius 1 is 1.43 bits per heavy atom. The van der Waals surface area contributed by atoms with Crippen molar-refractivity contribution < 1.29 is 0 Å². The second-order valence-corrected chi connectivity index (χ2v) is 6.31. The molecule has 2 rings (SSSR count). The lowest BCUT2D eigenvalue weighted by atomic mass is 9.65. The molecule has 0 spiro atoms. The summed E-state index contributed by atoms with van der Waals surface area (Å²) in [7, 11) is 0. The van der Waals surface area contributed by atoms with E-state index in [0.717, 1.165) is 23.4 Å². The third kappa shape index (κ3) is 3.49. The minimum Gasteiger partial charge on any atom is -0.293 e. The number of pyridine rings is 1. The first-order valence-electron chi connectivity index (χ1n) is 7.81. The van der Waals surface area contributed by atoms with Gasteiger partial charge in [0.15, 0.2) is 0 Å². The number of aliphatic imine (C=N–C) groups is 1. The Morgan fingerprint density at radius 3 is 2.71 bits per heavy atom. The lowest BCUT2D eigenvalue weighted by molar-refractivity contribution is 0.221.